The Hall–Kier alpha value is -1.87. The van der Waals surface area contributed by atoms with E-state index in [4.69, 9.17) is 0 Å². The first-order valence-electron chi connectivity index (χ1n) is 6.07. The van der Waals surface area contributed by atoms with Gasteiger partial charge in [0.25, 0.3) is 5.91 Å². The zero-order chi connectivity index (χ0) is 15.6. The Kier molecular flexibility index (Phi) is 4.33. The quantitative estimate of drug-likeness (QED) is 0.880. The van der Waals surface area contributed by atoms with E-state index < -0.39 is 10.0 Å². The van der Waals surface area contributed by atoms with Crippen LogP contribution in [0.15, 0.2) is 23.7 Å². The van der Waals surface area contributed by atoms with Gasteiger partial charge in [-0.1, -0.05) is 0 Å². The van der Waals surface area contributed by atoms with Gasteiger partial charge in [-0.3, -0.25) is 4.79 Å². The number of aromatic nitrogens is 2. The first-order chi connectivity index (χ1) is 9.79. The summed E-state index contributed by atoms with van der Waals surface area (Å²) in [6.07, 6.45) is 2.98. The highest BCUT2D eigenvalue weighted by Crippen LogP contribution is 2.21. The number of aryl methyl sites for hydroxylation is 1. The lowest BCUT2D eigenvalue weighted by Gasteiger charge is -2.11. The van der Waals surface area contributed by atoms with E-state index >= 15 is 0 Å². The monoisotopic (exact) mass is 328 g/mol. The number of nitrogens with zero attached hydrogens (tertiary/aromatic N) is 3. The van der Waals surface area contributed by atoms with Gasteiger partial charge in [-0.15, -0.1) is 11.3 Å². The number of nitrogens with one attached hydrogen (secondary N) is 1. The first kappa shape index (κ1) is 15.5. The minimum Gasteiger partial charge on any atom is -0.353 e. The van der Waals surface area contributed by atoms with E-state index in [2.05, 4.69) is 10.3 Å². The van der Waals surface area contributed by atoms with Crippen LogP contribution in [0.2, 0.25) is 0 Å². The zero-order valence-electron chi connectivity index (χ0n) is 11.9. The lowest BCUT2D eigenvalue weighted by molar-refractivity contribution is 0.0946. The molecule has 0 aliphatic heterocycles. The second-order valence-electron chi connectivity index (χ2n) is 4.54. The fraction of sp³-hybridized carbons (Fsp3) is 0.333. The van der Waals surface area contributed by atoms with Gasteiger partial charge >= 0.3 is 0 Å². The Bertz CT molecular complexity index is 748. The number of hydrogen-bond donors (Lipinski definition) is 1. The Labute approximate surface area is 127 Å². The van der Waals surface area contributed by atoms with Gasteiger partial charge in [0.2, 0.25) is 10.0 Å². The SMILES string of the molecule is CN(c1nc(C(=O)NCc2cccn2C)cs1)S(C)(=O)=O. The fourth-order valence-corrected chi connectivity index (χ4v) is 3.13. The van der Waals surface area contributed by atoms with Crippen molar-refractivity contribution in [1.82, 2.24) is 14.9 Å². The van der Waals surface area contributed by atoms with Gasteiger partial charge in [0.05, 0.1) is 12.8 Å². The molecule has 0 aromatic carbocycles. The molecule has 0 spiro atoms. The molecule has 2 rings (SSSR count). The van der Waals surface area contributed by atoms with Crippen molar-refractivity contribution in [2.45, 2.75) is 6.54 Å². The summed E-state index contributed by atoms with van der Waals surface area (Å²) in [5.41, 5.74) is 1.17. The molecule has 2 aromatic heterocycles. The molecule has 0 fully saturated rings. The van der Waals surface area contributed by atoms with Crippen molar-refractivity contribution in [1.29, 1.82) is 0 Å². The van der Waals surface area contributed by atoms with Crippen LogP contribution < -0.4 is 9.62 Å². The maximum Gasteiger partial charge on any atom is 0.271 e. The summed E-state index contributed by atoms with van der Waals surface area (Å²) in [5.74, 6) is -0.333. The molecular weight excluding hydrogens is 312 g/mol. The second-order valence-corrected chi connectivity index (χ2v) is 7.39. The number of rotatable bonds is 5. The molecule has 9 heteroatoms. The van der Waals surface area contributed by atoms with E-state index in [1.807, 2.05) is 29.9 Å². The van der Waals surface area contributed by atoms with E-state index in [9.17, 15) is 13.2 Å². The average Bonchev–Trinajstić information content (AvgIpc) is 3.03. The summed E-state index contributed by atoms with van der Waals surface area (Å²) in [6, 6.07) is 3.80. The Morgan fingerprint density at radius 2 is 2.24 bits per heavy atom. The van der Waals surface area contributed by atoms with Crippen LogP contribution in [-0.2, 0) is 23.6 Å². The van der Waals surface area contributed by atoms with Crippen molar-refractivity contribution in [3.63, 3.8) is 0 Å². The molecule has 0 bridgehead atoms. The van der Waals surface area contributed by atoms with Gasteiger partial charge in [0.15, 0.2) is 5.13 Å². The van der Waals surface area contributed by atoms with Crippen molar-refractivity contribution in [3.05, 3.63) is 35.1 Å². The largest absolute Gasteiger partial charge is 0.353 e. The van der Waals surface area contributed by atoms with E-state index in [-0.39, 0.29) is 16.7 Å². The van der Waals surface area contributed by atoms with Crippen LogP contribution in [0.25, 0.3) is 0 Å². The third kappa shape index (κ3) is 3.61. The minimum absolute atomic E-state index is 0.208. The lowest BCUT2D eigenvalue weighted by Crippen LogP contribution is -2.26. The number of hydrogen-bond acceptors (Lipinski definition) is 5. The number of anilines is 1. The van der Waals surface area contributed by atoms with Gasteiger partial charge < -0.3 is 9.88 Å². The smallest absolute Gasteiger partial charge is 0.271 e. The fourth-order valence-electron chi connectivity index (χ4n) is 1.60. The number of sulfonamides is 1. The molecule has 0 aliphatic rings. The summed E-state index contributed by atoms with van der Waals surface area (Å²) < 4.78 is 25.8. The van der Waals surface area contributed by atoms with Gasteiger partial charge in [-0.05, 0) is 12.1 Å². The Morgan fingerprint density at radius 3 is 2.81 bits per heavy atom. The van der Waals surface area contributed by atoms with Crippen LogP contribution in [0, 0.1) is 0 Å². The number of thiazole rings is 1. The standard InChI is InChI=1S/C12H16N4O3S2/c1-15-6-4-5-9(15)7-13-11(17)10-8-20-12(14-10)16(2)21(3,18)19/h4-6,8H,7H2,1-3H3,(H,13,17). The molecular formula is C12H16N4O3S2. The lowest BCUT2D eigenvalue weighted by atomic mass is 10.4. The highest BCUT2D eigenvalue weighted by molar-refractivity contribution is 7.92. The normalized spacial score (nSPS) is 11.4. The molecule has 0 unspecified atom stereocenters. The second kappa shape index (κ2) is 5.86. The Balaban J connectivity index is 2.04. The molecule has 114 valence electrons. The molecule has 1 N–H and O–H groups in total. The van der Waals surface area contributed by atoms with Crippen LogP contribution in [0.3, 0.4) is 0 Å². The average molecular weight is 328 g/mol. The molecule has 0 aliphatic carbocycles. The molecule has 21 heavy (non-hydrogen) atoms. The van der Waals surface area contributed by atoms with Crippen LogP contribution in [0.1, 0.15) is 16.2 Å². The third-order valence-corrected chi connectivity index (χ3v) is 5.17. The van der Waals surface area contributed by atoms with Crippen LogP contribution in [-0.4, -0.2) is 37.2 Å². The third-order valence-electron chi connectivity index (χ3n) is 2.97. The molecule has 7 nitrogen and oxygen atoms in total. The molecule has 0 atom stereocenters. The summed E-state index contributed by atoms with van der Waals surface area (Å²) in [5, 5.41) is 4.55. The summed E-state index contributed by atoms with van der Waals surface area (Å²) in [7, 11) is -0.0804. The topological polar surface area (TPSA) is 84.3 Å². The van der Waals surface area contributed by atoms with Gasteiger partial charge in [0.1, 0.15) is 5.69 Å². The molecule has 1 amide bonds. The van der Waals surface area contributed by atoms with Gasteiger partial charge in [-0.2, -0.15) is 0 Å². The Morgan fingerprint density at radius 1 is 1.52 bits per heavy atom. The number of amides is 1. The summed E-state index contributed by atoms with van der Waals surface area (Å²) in [4.78, 5) is 16.0. The van der Waals surface area contributed by atoms with Crippen LogP contribution >= 0.6 is 11.3 Å². The van der Waals surface area contributed by atoms with Crippen LogP contribution in [0.4, 0.5) is 5.13 Å². The maximum atomic E-state index is 12.0. The van der Waals surface area contributed by atoms with Gasteiger partial charge in [0, 0.05) is 31.4 Å². The predicted molar refractivity (Wildman–Crippen MR) is 81.9 cm³/mol. The van der Waals surface area contributed by atoms with Gasteiger partial charge in [-0.25, -0.2) is 17.7 Å². The minimum atomic E-state index is -3.38. The molecule has 0 saturated carbocycles. The van der Waals surface area contributed by atoms with Crippen molar-refractivity contribution in [2.75, 3.05) is 17.6 Å². The van der Waals surface area contributed by atoms with E-state index in [1.54, 1.807) is 0 Å². The number of carbonyl (C=O) groups is 1. The van der Waals surface area contributed by atoms with Crippen molar-refractivity contribution in [2.24, 2.45) is 7.05 Å². The summed E-state index contributed by atoms with van der Waals surface area (Å²) in [6.45, 7) is 0.386. The highest BCUT2D eigenvalue weighted by Gasteiger charge is 2.18. The maximum absolute atomic E-state index is 12.0. The van der Waals surface area contributed by atoms with Crippen LogP contribution in [0.5, 0.6) is 0 Å². The van der Waals surface area contributed by atoms with Crippen molar-refractivity contribution in [3.8, 4) is 0 Å². The van der Waals surface area contributed by atoms with E-state index in [0.717, 1.165) is 27.6 Å². The zero-order valence-corrected chi connectivity index (χ0v) is 13.5. The van der Waals surface area contributed by atoms with Crippen molar-refractivity contribution >= 4 is 32.4 Å². The summed E-state index contributed by atoms with van der Waals surface area (Å²) >= 11 is 1.11. The molecule has 2 heterocycles. The molecule has 0 saturated heterocycles. The van der Waals surface area contributed by atoms with E-state index in [0.29, 0.717) is 6.54 Å². The van der Waals surface area contributed by atoms with Crippen molar-refractivity contribution < 1.29 is 13.2 Å². The highest BCUT2D eigenvalue weighted by atomic mass is 32.2. The number of carbonyl (C=O) groups excluding carboxylic acids is 1. The predicted octanol–water partition coefficient (Wildman–Crippen LogP) is 0.807. The first-order valence-corrected chi connectivity index (χ1v) is 8.79. The van der Waals surface area contributed by atoms with E-state index in [1.165, 1.54) is 12.4 Å². The molecule has 2 aromatic rings. The molecule has 0 radical (unpaired) electrons.